The normalized spacial score (nSPS) is 12.3. The van der Waals surface area contributed by atoms with E-state index in [2.05, 4.69) is 47.8 Å². The molecule has 0 saturated carbocycles. The first-order chi connectivity index (χ1) is 42.3. The maximum atomic E-state index is 12.4. The van der Waals surface area contributed by atoms with Crippen LogP contribution in [0.25, 0.3) is 0 Å². The van der Waals surface area contributed by atoms with Gasteiger partial charge in [0.05, 0.1) is 45.7 Å². The van der Waals surface area contributed by atoms with Gasteiger partial charge >= 0.3 is 17.9 Å². The SMILES string of the molecule is [B]N[C@@H](CCCCNC(=O)CC[C@H](NC(=O)CCCNC(=O)COCCOCCNC(=O)COCCOCCNC(=O)CC[C@H](NC(=O)CCCNC(=O)CCCCCCCCCCCCCCCCC(=O)O)C(=O)O)C(=O)O)C(=O)NC(CC)C(N)=O. The monoisotopic (exact) mass is 1250 g/mol. The molecule has 9 amide bonds. The first-order valence-electron chi connectivity index (χ1n) is 31.3. The van der Waals surface area contributed by atoms with Crippen molar-refractivity contribution in [3.05, 3.63) is 0 Å². The summed E-state index contributed by atoms with van der Waals surface area (Å²) >= 11 is 0. The van der Waals surface area contributed by atoms with Crippen molar-refractivity contribution in [2.24, 2.45) is 5.73 Å². The molecule has 502 valence electrons. The molecule has 2 radical (unpaired) electrons. The zero-order valence-electron chi connectivity index (χ0n) is 51.8. The van der Waals surface area contributed by atoms with Gasteiger partial charge in [-0.15, -0.1) is 0 Å². The van der Waals surface area contributed by atoms with E-state index >= 15 is 0 Å². The summed E-state index contributed by atoms with van der Waals surface area (Å²) in [6.45, 7) is 2.94. The van der Waals surface area contributed by atoms with Crippen LogP contribution in [0.4, 0.5) is 0 Å². The maximum absolute atomic E-state index is 12.4. The van der Waals surface area contributed by atoms with Crippen LogP contribution in [-0.2, 0) is 76.5 Å². The summed E-state index contributed by atoms with van der Waals surface area (Å²) in [5, 5.41) is 50.8. The van der Waals surface area contributed by atoms with Crippen molar-refractivity contribution in [3.63, 3.8) is 0 Å². The largest absolute Gasteiger partial charge is 0.481 e. The van der Waals surface area contributed by atoms with E-state index in [9.17, 15) is 67.7 Å². The highest BCUT2D eigenvalue weighted by molar-refractivity contribution is 6.07. The number of carbonyl (C=O) groups is 12. The lowest BCUT2D eigenvalue weighted by Gasteiger charge is -2.20. The van der Waals surface area contributed by atoms with E-state index in [-0.39, 0.29) is 136 Å². The molecule has 0 heterocycles. The summed E-state index contributed by atoms with van der Waals surface area (Å²) < 4.78 is 21.3. The van der Waals surface area contributed by atoms with Crippen molar-refractivity contribution < 1.29 is 91.8 Å². The molecule has 0 spiro atoms. The highest BCUT2D eigenvalue weighted by Gasteiger charge is 2.24. The average Bonchev–Trinajstić information content (AvgIpc) is 3.58. The molecule has 0 fully saturated rings. The van der Waals surface area contributed by atoms with Gasteiger partial charge in [0, 0.05) is 71.2 Å². The molecule has 0 aliphatic carbocycles. The second kappa shape index (κ2) is 55.8. The Morgan fingerprint density at radius 2 is 0.727 bits per heavy atom. The van der Waals surface area contributed by atoms with Crippen molar-refractivity contribution in [1.29, 1.82) is 0 Å². The van der Waals surface area contributed by atoms with Crippen molar-refractivity contribution in [3.8, 4) is 0 Å². The fourth-order valence-corrected chi connectivity index (χ4v) is 8.54. The van der Waals surface area contributed by atoms with E-state index in [4.69, 9.17) is 37.8 Å². The molecule has 0 aromatic rings. The van der Waals surface area contributed by atoms with Crippen molar-refractivity contribution in [1.82, 2.24) is 47.8 Å². The number of unbranched alkanes of at least 4 members (excludes halogenated alkanes) is 14. The van der Waals surface area contributed by atoms with Gasteiger partial charge < -0.3 is 87.8 Å². The summed E-state index contributed by atoms with van der Waals surface area (Å²) in [5.74, 6) is -7.27. The van der Waals surface area contributed by atoms with E-state index in [1.165, 1.54) is 44.9 Å². The summed E-state index contributed by atoms with van der Waals surface area (Å²) in [4.78, 5) is 143. The van der Waals surface area contributed by atoms with Crippen LogP contribution in [0.5, 0.6) is 0 Å². The highest BCUT2D eigenvalue weighted by Crippen LogP contribution is 2.14. The third kappa shape index (κ3) is 50.5. The Bertz CT molecular complexity index is 2030. The van der Waals surface area contributed by atoms with Gasteiger partial charge in [-0.25, -0.2) is 9.59 Å². The van der Waals surface area contributed by atoms with Crippen LogP contribution >= 0.6 is 0 Å². The minimum absolute atomic E-state index is 0.0172. The molecule has 0 aromatic carbocycles. The molecule has 88 heavy (non-hydrogen) atoms. The van der Waals surface area contributed by atoms with E-state index in [1.807, 2.05) is 0 Å². The summed E-state index contributed by atoms with van der Waals surface area (Å²) in [7, 11) is 5.47. The fourth-order valence-electron chi connectivity index (χ4n) is 8.54. The molecule has 1 unspecified atom stereocenters. The fraction of sp³-hybridized carbons (Fsp3) is 0.793. The Labute approximate surface area is 519 Å². The number of hydrogen-bond acceptors (Lipinski definition) is 17. The molecule has 30 heteroatoms. The number of carbonyl (C=O) groups excluding carboxylic acids is 9. The average molecular weight is 1260 g/mol. The molecule has 4 atom stereocenters. The molecule has 29 nitrogen and oxygen atoms in total. The first-order valence-corrected chi connectivity index (χ1v) is 31.3. The van der Waals surface area contributed by atoms with E-state index < -0.39 is 89.3 Å². The topological polar surface area (TPSA) is 437 Å². The number of aliphatic carboxylic acids is 3. The predicted molar refractivity (Wildman–Crippen MR) is 324 cm³/mol. The number of rotatable bonds is 61. The van der Waals surface area contributed by atoms with Crippen LogP contribution in [0.15, 0.2) is 0 Å². The summed E-state index contributed by atoms with van der Waals surface area (Å²) in [6.07, 6.45) is 17.6. The second-order valence-corrected chi connectivity index (χ2v) is 21.2. The Morgan fingerprint density at radius 3 is 1.14 bits per heavy atom. The molecule has 0 rings (SSSR count). The summed E-state index contributed by atoms with van der Waals surface area (Å²) in [5.41, 5.74) is 5.26. The van der Waals surface area contributed by atoms with Crippen molar-refractivity contribution >= 4 is 79.1 Å². The van der Waals surface area contributed by atoms with Crippen molar-refractivity contribution in [2.45, 2.75) is 211 Å². The summed E-state index contributed by atoms with van der Waals surface area (Å²) in [6, 6.07) is -4.16. The van der Waals surface area contributed by atoms with Gasteiger partial charge in [0.1, 0.15) is 31.3 Å². The molecule has 0 saturated heterocycles. The molecule has 0 aliphatic heterocycles. The number of amides is 9. The first kappa shape index (κ1) is 81.5. The molecule has 0 aliphatic rings. The number of primary amides is 1. The standard InChI is InChI=1S/C58H103BN10O19/c1-2-43(55(60)79)68-56(80)44(69-59)21-17-18-30-61-48(71)28-26-45(57(81)82)66-51(74)24-20-32-63-52(75)41-87-39-38-86-36-34-65-53(76)42-88-40-37-85-35-33-64-49(72)29-27-46(58(83)84)67-50(73)23-19-31-62-47(70)22-15-13-11-9-7-5-3-4-6-8-10-12-14-16-25-54(77)78/h43-46,69H,2-42H2,1H3,(H2,60,79)(H,61,71)(H,62,70)(H,63,75)(H,64,72)(H,65,76)(H,66,74)(H,67,73)(H,68,80)(H,77,78)(H,81,82)(H,83,84)/t43?,44-,45-,46-/m0/s1. The quantitative estimate of drug-likeness (QED) is 0.0296. The minimum atomic E-state index is -1.31. The van der Waals surface area contributed by atoms with Crippen LogP contribution in [0, 0.1) is 0 Å². The van der Waals surface area contributed by atoms with Crippen LogP contribution in [0.1, 0.15) is 187 Å². The number of ether oxygens (including phenoxy) is 4. The molecule has 0 aromatic heterocycles. The maximum Gasteiger partial charge on any atom is 0.326 e. The number of hydrogen-bond donors (Lipinski definition) is 13. The Morgan fingerprint density at radius 1 is 0.364 bits per heavy atom. The second-order valence-electron chi connectivity index (χ2n) is 21.2. The van der Waals surface area contributed by atoms with Gasteiger partial charge in [-0.3, -0.25) is 47.9 Å². The van der Waals surface area contributed by atoms with E-state index in [1.54, 1.807) is 6.92 Å². The lowest BCUT2D eigenvalue weighted by atomic mass is 10.0. The Kier molecular flexibility index (Phi) is 51.7. The smallest absolute Gasteiger partial charge is 0.326 e. The third-order valence-electron chi connectivity index (χ3n) is 13.6. The van der Waals surface area contributed by atoms with Crippen molar-refractivity contribution in [2.75, 3.05) is 85.6 Å². The molecule has 0 bridgehead atoms. The van der Waals surface area contributed by atoms with Gasteiger partial charge in [-0.05, 0) is 64.2 Å². The zero-order chi connectivity index (χ0) is 65.4. The van der Waals surface area contributed by atoms with Gasteiger partial charge in [0.15, 0.2) is 7.98 Å². The number of nitrogens with one attached hydrogen (secondary N) is 9. The molecular weight excluding hydrogens is 1150 g/mol. The van der Waals surface area contributed by atoms with Crippen LogP contribution < -0.4 is 53.5 Å². The molecular formula is C58H103BN10O19. The Hall–Kier alpha value is -6.50. The number of carboxylic acid groups (broad SMARTS) is 3. The van der Waals surface area contributed by atoms with Crippen LogP contribution in [0.2, 0.25) is 0 Å². The molecule has 14 N–H and O–H groups in total. The van der Waals surface area contributed by atoms with Gasteiger partial charge in [0.25, 0.3) is 0 Å². The zero-order valence-corrected chi connectivity index (χ0v) is 51.8. The third-order valence-corrected chi connectivity index (χ3v) is 13.6. The van der Waals surface area contributed by atoms with Crippen LogP contribution in [0.3, 0.4) is 0 Å². The minimum Gasteiger partial charge on any atom is -0.481 e. The Balaban J connectivity index is 3.86. The number of carboxylic acids is 3. The van der Waals surface area contributed by atoms with Gasteiger partial charge in [0.2, 0.25) is 53.2 Å². The van der Waals surface area contributed by atoms with E-state index in [0.717, 1.165) is 44.9 Å². The van der Waals surface area contributed by atoms with Crippen LogP contribution in [-0.4, -0.2) is 204 Å². The highest BCUT2D eigenvalue weighted by atomic mass is 16.5. The lowest BCUT2D eigenvalue weighted by Crippen LogP contribution is -2.51. The van der Waals surface area contributed by atoms with E-state index in [0.29, 0.717) is 45.1 Å². The number of nitrogens with two attached hydrogens (primary N) is 1. The predicted octanol–water partition coefficient (Wildman–Crippen LogP) is 0.812. The lowest BCUT2D eigenvalue weighted by molar-refractivity contribution is -0.142. The van der Waals surface area contributed by atoms with Gasteiger partial charge in [-0.1, -0.05) is 84.0 Å². The van der Waals surface area contributed by atoms with Gasteiger partial charge in [-0.2, -0.15) is 0 Å².